The molecule has 0 saturated heterocycles. The fourth-order valence-electron chi connectivity index (χ4n) is 4.23. The number of hydrogen-bond acceptors (Lipinski definition) is 6. The molecule has 0 fully saturated rings. The number of carboxylic acids is 2. The Hall–Kier alpha value is 2.12. The van der Waals surface area contributed by atoms with Crippen LogP contribution in [0.4, 0.5) is 0 Å². The van der Waals surface area contributed by atoms with Gasteiger partial charge in [0.15, 0.2) is 0 Å². The van der Waals surface area contributed by atoms with Gasteiger partial charge in [0.05, 0.1) is 5.97 Å². The summed E-state index contributed by atoms with van der Waals surface area (Å²) < 4.78 is 32.3. The van der Waals surface area contributed by atoms with Gasteiger partial charge in [0, 0.05) is 5.97 Å². The van der Waals surface area contributed by atoms with Crippen molar-refractivity contribution in [2.45, 2.75) is 103 Å². The van der Waals surface area contributed by atoms with E-state index in [1.165, 1.54) is 0 Å². The molecule has 0 amide bonds. The van der Waals surface area contributed by atoms with E-state index in [1.807, 2.05) is 27.7 Å². The topological polar surface area (TPSA) is 135 Å². The van der Waals surface area contributed by atoms with E-state index in [2.05, 4.69) is 0 Å². The van der Waals surface area contributed by atoms with E-state index < -0.39 is 39.1 Å². The van der Waals surface area contributed by atoms with E-state index >= 15 is 0 Å². The molecule has 31 heavy (non-hydrogen) atoms. The largest absolute Gasteiger partial charge is 1.00 e. The predicted octanol–water partition coefficient (Wildman–Crippen LogP) is -3.66. The molecule has 0 radical (unpaired) electrons. The van der Waals surface area contributed by atoms with Crippen LogP contribution in [0.25, 0.3) is 0 Å². The van der Waals surface area contributed by atoms with Crippen LogP contribution in [0, 0.1) is 17.8 Å². The molecule has 0 heterocycles. The van der Waals surface area contributed by atoms with Crippen LogP contribution in [0.3, 0.4) is 0 Å². The molecule has 0 spiro atoms. The Bertz CT molecular complexity index is 613. The quantitative estimate of drug-likeness (QED) is 0.157. The molecule has 0 aliphatic rings. The Balaban J connectivity index is -0.00000392. The summed E-state index contributed by atoms with van der Waals surface area (Å²) >= 11 is 0. The normalized spacial score (nSPS) is 16.2. The van der Waals surface area contributed by atoms with E-state index in [-0.39, 0.29) is 127 Å². The Morgan fingerprint density at radius 2 is 1.35 bits per heavy atom. The number of aliphatic carboxylic acids is 2. The second-order valence-corrected chi connectivity index (χ2v) is 9.88. The van der Waals surface area contributed by atoms with Crippen LogP contribution in [0.2, 0.25) is 0 Å². The Morgan fingerprint density at radius 3 is 1.68 bits per heavy atom. The molecular weight excluding hydrogens is 474 g/mol. The number of carboxylic acid groups (broad SMARTS) is 2. The number of carbonyl (C=O) groups is 2. The van der Waals surface area contributed by atoms with Gasteiger partial charge in [0.1, 0.15) is 4.75 Å². The van der Waals surface area contributed by atoms with Crippen molar-refractivity contribution < 1.29 is 136 Å². The van der Waals surface area contributed by atoms with Crippen molar-refractivity contribution in [3.8, 4) is 0 Å². The molecular formula is C21H38K2O7S. The minimum atomic E-state index is -5.13. The summed E-state index contributed by atoms with van der Waals surface area (Å²) in [5.74, 6) is -5.10. The molecule has 172 valence electrons. The molecule has 4 atom stereocenters. The van der Waals surface area contributed by atoms with Gasteiger partial charge in [-0.3, -0.25) is 4.55 Å². The van der Waals surface area contributed by atoms with E-state index in [0.717, 1.165) is 32.1 Å². The fraction of sp³-hybridized carbons (Fsp3) is 0.905. The van der Waals surface area contributed by atoms with Gasteiger partial charge >= 0.3 is 103 Å². The summed E-state index contributed by atoms with van der Waals surface area (Å²) in [6, 6.07) is 0. The molecule has 7 nitrogen and oxygen atoms in total. The zero-order valence-corrected chi connectivity index (χ0v) is 27.4. The monoisotopic (exact) mass is 512 g/mol. The summed E-state index contributed by atoms with van der Waals surface area (Å²) in [6.45, 7) is 7.71. The maximum atomic E-state index is 12.4. The molecule has 0 aliphatic heterocycles. The average molecular weight is 513 g/mol. The minimum absolute atomic E-state index is 0. The molecule has 0 aromatic heterocycles. The Kier molecular flexibility index (Phi) is 23.5. The number of hydrogen-bond donors (Lipinski definition) is 1. The average Bonchev–Trinajstić information content (AvgIpc) is 2.62. The second kappa shape index (κ2) is 19.3. The van der Waals surface area contributed by atoms with Gasteiger partial charge in [-0.15, -0.1) is 0 Å². The number of rotatable bonds is 17. The summed E-state index contributed by atoms with van der Waals surface area (Å²) in [7, 11) is -5.13. The van der Waals surface area contributed by atoms with Gasteiger partial charge in [0.2, 0.25) is 0 Å². The van der Waals surface area contributed by atoms with Crippen LogP contribution in [0.5, 0.6) is 0 Å². The van der Waals surface area contributed by atoms with Crippen molar-refractivity contribution in [1.82, 2.24) is 0 Å². The maximum absolute atomic E-state index is 12.4. The number of unbranched alkanes of at least 4 members (excludes halogenated alkanes) is 2. The zero-order valence-electron chi connectivity index (χ0n) is 20.3. The first-order chi connectivity index (χ1) is 13.5. The van der Waals surface area contributed by atoms with Crippen molar-refractivity contribution in [3.63, 3.8) is 0 Å². The van der Waals surface area contributed by atoms with E-state index in [9.17, 15) is 32.8 Å². The van der Waals surface area contributed by atoms with E-state index in [1.54, 1.807) is 0 Å². The Labute approximate surface area is 273 Å². The standard InChI is InChI=1S/C21H40O7S.2K/c1-5-9-11-16(7-3)13-18(14-19(22)23)21(20(24)25,29(26,27)28)15-17(8-4)12-10-6-2;;/h16-18H,5-15H2,1-4H3,(H,22,23)(H,24,25)(H,26,27,28);;/q;2*+1/p-2. The molecule has 1 N–H and O–H groups in total. The molecule has 0 aliphatic carbocycles. The first-order valence-corrected chi connectivity index (χ1v) is 12.3. The maximum Gasteiger partial charge on any atom is 1.00 e. The van der Waals surface area contributed by atoms with E-state index in [4.69, 9.17) is 0 Å². The summed E-state index contributed by atoms with van der Waals surface area (Å²) in [6.07, 6.45) is 4.91. The van der Waals surface area contributed by atoms with Crippen molar-refractivity contribution >= 4 is 22.1 Å². The van der Waals surface area contributed by atoms with Gasteiger partial charge in [-0.1, -0.05) is 79.1 Å². The van der Waals surface area contributed by atoms with Gasteiger partial charge in [0.25, 0.3) is 10.1 Å². The van der Waals surface area contributed by atoms with Crippen molar-refractivity contribution in [2.24, 2.45) is 17.8 Å². The molecule has 0 rings (SSSR count). The minimum Gasteiger partial charge on any atom is -0.550 e. The van der Waals surface area contributed by atoms with Gasteiger partial charge in [-0.05, 0) is 37.0 Å². The molecule has 4 unspecified atom stereocenters. The summed E-state index contributed by atoms with van der Waals surface area (Å²) in [5.41, 5.74) is 0. The van der Waals surface area contributed by atoms with Crippen LogP contribution < -0.4 is 113 Å². The van der Waals surface area contributed by atoms with Crippen LogP contribution in [0.15, 0.2) is 0 Å². The smallest absolute Gasteiger partial charge is 0.550 e. The van der Waals surface area contributed by atoms with Crippen molar-refractivity contribution in [2.75, 3.05) is 0 Å². The number of carbonyl (C=O) groups excluding carboxylic acids is 2. The molecule has 0 aromatic carbocycles. The van der Waals surface area contributed by atoms with E-state index in [0.29, 0.717) is 19.3 Å². The first kappa shape index (κ1) is 37.7. The van der Waals surface area contributed by atoms with Crippen LogP contribution in [0.1, 0.15) is 98.3 Å². The van der Waals surface area contributed by atoms with Gasteiger partial charge in [-0.25, -0.2) is 0 Å². The van der Waals surface area contributed by atoms with Gasteiger partial charge in [-0.2, -0.15) is 8.42 Å². The molecule has 0 bridgehead atoms. The molecule has 10 heteroatoms. The Morgan fingerprint density at radius 1 is 0.903 bits per heavy atom. The third-order valence-electron chi connectivity index (χ3n) is 6.17. The predicted molar refractivity (Wildman–Crippen MR) is 108 cm³/mol. The third kappa shape index (κ3) is 12.6. The molecule has 0 saturated carbocycles. The van der Waals surface area contributed by atoms with Crippen LogP contribution in [-0.2, 0) is 19.7 Å². The van der Waals surface area contributed by atoms with Crippen LogP contribution >= 0.6 is 0 Å². The van der Waals surface area contributed by atoms with Crippen molar-refractivity contribution in [1.29, 1.82) is 0 Å². The SMILES string of the molecule is CCCCC(CC)CC(CC(=O)[O-])C(CC(CC)CCCC)(C(=O)[O-])S(=O)(=O)O.[K+].[K+]. The van der Waals surface area contributed by atoms with Crippen LogP contribution in [-0.4, -0.2) is 29.7 Å². The van der Waals surface area contributed by atoms with Crippen molar-refractivity contribution in [3.05, 3.63) is 0 Å². The molecule has 0 aromatic rings. The second-order valence-electron chi connectivity index (χ2n) is 8.20. The zero-order chi connectivity index (χ0) is 22.7. The fourth-order valence-corrected chi connectivity index (χ4v) is 5.49. The first-order valence-electron chi connectivity index (χ1n) is 10.9. The summed E-state index contributed by atoms with van der Waals surface area (Å²) in [5, 5.41) is 23.7. The third-order valence-corrected chi connectivity index (χ3v) is 7.76. The summed E-state index contributed by atoms with van der Waals surface area (Å²) in [4.78, 5) is 23.7. The van der Waals surface area contributed by atoms with Gasteiger partial charge < -0.3 is 19.8 Å².